The Hall–Kier alpha value is -1.01. The molecule has 0 saturated carbocycles. The minimum Gasteiger partial charge on any atom is -0.385 e. The van der Waals surface area contributed by atoms with Crippen LogP contribution in [0.2, 0.25) is 0 Å². The number of hydrogen-bond acceptors (Lipinski definition) is 2. The van der Waals surface area contributed by atoms with Crippen LogP contribution < -0.4 is 5.32 Å². The van der Waals surface area contributed by atoms with Gasteiger partial charge in [-0.25, -0.2) is 8.78 Å². The van der Waals surface area contributed by atoms with Crippen molar-refractivity contribution in [1.29, 1.82) is 0 Å². The zero-order valence-electron chi connectivity index (χ0n) is 10.4. The van der Waals surface area contributed by atoms with Crippen LogP contribution in [0.3, 0.4) is 0 Å². The van der Waals surface area contributed by atoms with Crippen molar-refractivity contribution < 1.29 is 18.7 Å². The number of aliphatic hydroxyl groups is 1. The normalized spacial score (nSPS) is 14.2. The molecule has 2 unspecified atom stereocenters. The Morgan fingerprint density at radius 2 is 1.95 bits per heavy atom. The van der Waals surface area contributed by atoms with Crippen molar-refractivity contribution in [2.45, 2.75) is 31.8 Å². The van der Waals surface area contributed by atoms with Gasteiger partial charge < -0.3 is 10.4 Å². The molecule has 3 nitrogen and oxygen atoms in total. The molecule has 2 N–H and O–H groups in total. The summed E-state index contributed by atoms with van der Waals surface area (Å²) in [7, 11) is 0. The van der Waals surface area contributed by atoms with Crippen LogP contribution in [0.1, 0.15) is 24.8 Å². The maximum absolute atomic E-state index is 12.0. The molecular formula is C13H16BrF2NO2. The number of rotatable bonds is 6. The molecule has 106 valence electrons. The second-order valence-corrected chi connectivity index (χ2v) is 5.28. The van der Waals surface area contributed by atoms with Gasteiger partial charge in [-0.1, -0.05) is 35.0 Å². The first-order valence-corrected chi connectivity index (χ1v) is 6.68. The van der Waals surface area contributed by atoms with Gasteiger partial charge in [0.25, 0.3) is 6.43 Å². The van der Waals surface area contributed by atoms with Gasteiger partial charge in [-0.2, -0.15) is 0 Å². The zero-order chi connectivity index (χ0) is 14.4. The van der Waals surface area contributed by atoms with Crippen molar-refractivity contribution >= 4 is 21.8 Å². The van der Waals surface area contributed by atoms with E-state index < -0.39 is 19.1 Å². The number of benzene rings is 1. The van der Waals surface area contributed by atoms with E-state index in [2.05, 4.69) is 21.2 Å². The highest BCUT2D eigenvalue weighted by Gasteiger charge is 2.18. The summed E-state index contributed by atoms with van der Waals surface area (Å²) >= 11 is 3.32. The molecule has 0 aromatic heterocycles. The summed E-state index contributed by atoms with van der Waals surface area (Å²) in [5.74, 6) is -0.369. The summed E-state index contributed by atoms with van der Waals surface area (Å²) in [4.78, 5) is 11.5. The van der Waals surface area contributed by atoms with Crippen LogP contribution in [-0.2, 0) is 4.79 Å². The Morgan fingerprint density at radius 1 is 1.37 bits per heavy atom. The van der Waals surface area contributed by atoms with E-state index >= 15 is 0 Å². The Morgan fingerprint density at radius 3 is 2.47 bits per heavy atom. The number of hydrogen-bond donors (Lipinski definition) is 2. The Kier molecular flexibility index (Phi) is 6.37. The second kappa shape index (κ2) is 7.55. The van der Waals surface area contributed by atoms with Gasteiger partial charge in [-0.05, 0) is 23.6 Å². The van der Waals surface area contributed by atoms with Gasteiger partial charge in [0, 0.05) is 17.4 Å². The number of halogens is 3. The van der Waals surface area contributed by atoms with Crippen LogP contribution in [0.25, 0.3) is 0 Å². The third-order valence-corrected chi connectivity index (χ3v) is 3.26. The van der Waals surface area contributed by atoms with E-state index in [1.165, 1.54) is 0 Å². The Bertz CT molecular complexity index is 412. The van der Waals surface area contributed by atoms with E-state index in [-0.39, 0.29) is 18.2 Å². The number of carbonyl (C=O) groups excluding carboxylic acids is 1. The van der Waals surface area contributed by atoms with Gasteiger partial charge in [0.2, 0.25) is 5.91 Å². The average Bonchev–Trinajstić information content (AvgIpc) is 2.36. The third-order valence-electron chi connectivity index (χ3n) is 2.73. The van der Waals surface area contributed by atoms with Crippen LogP contribution in [0.15, 0.2) is 28.7 Å². The first kappa shape index (κ1) is 16.0. The molecule has 1 rings (SSSR count). The zero-order valence-corrected chi connectivity index (χ0v) is 12.0. The lowest BCUT2D eigenvalue weighted by Gasteiger charge is -2.14. The topological polar surface area (TPSA) is 49.3 Å². The molecule has 0 fully saturated rings. The molecule has 0 aliphatic heterocycles. The fraction of sp³-hybridized carbons (Fsp3) is 0.462. The summed E-state index contributed by atoms with van der Waals surface area (Å²) < 4.78 is 25.0. The minimum atomic E-state index is -2.84. The van der Waals surface area contributed by atoms with Gasteiger partial charge >= 0.3 is 0 Å². The number of aliphatic hydroxyl groups excluding tert-OH is 1. The molecule has 0 saturated heterocycles. The highest BCUT2D eigenvalue weighted by Crippen LogP contribution is 2.21. The molecule has 0 aliphatic carbocycles. The molecule has 0 spiro atoms. The molecule has 19 heavy (non-hydrogen) atoms. The van der Waals surface area contributed by atoms with E-state index in [1.807, 2.05) is 31.2 Å². The van der Waals surface area contributed by atoms with Crippen molar-refractivity contribution in [3.8, 4) is 0 Å². The highest BCUT2D eigenvalue weighted by atomic mass is 79.9. The predicted octanol–water partition coefficient (Wildman–Crippen LogP) is 2.68. The highest BCUT2D eigenvalue weighted by molar-refractivity contribution is 9.10. The maximum Gasteiger partial charge on any atom is 0.265 e. The van der Waals surface area contributed by atoms with Crippen molar-refractivity contribution in [2.75, 3.05) is 6.54 Å². The van der Waals surface area contributed by atoms with Crippen LogP contribution in [0.4, 0.5) is 8.78 Å². The molecule has 1 aromatic carbocycles. The summed E-state index contributed by atoms with van der Waals surface area (Å²) in [5, 5.41) is 11.2. The van der Waals surface area contributed by atoms with E-state index in [0.717, 1.165) is 10.0 Å². The summed E-state index contributed by atoms with van der Waals surface area (Å²) in [5.41, 5.74) is 0.993. The van der Waals surface area contributed by atoms with Crippen LogP contribution >= 0.6 is 15.9 Å². The molecule has 2 atom stereocenters. The Labute approximate surface area is 119 Å². The van der Waals surface area contributed by atoms with Crippen molar-refractivity contribution in [3.63, 3.8) is 0 Å². The molecule has 6 heteroatoms. The number of alkyl halides is 2. The Balaban J connectivity index is 2.42. The largest absolute Gasteiger partial charge is 0.385 e. The quantitative estimate of drug-likeness (QED) is 0.839. The van der Waals surface area contributed by atoms with Gasteiger partial charge in [-0.3, -0.25) is 4.79 Å². The molecule has 1 aromatic rings. The molecule has 0 radical (unpaired) electrons. The SMILES string of the molecule is CC(CC(=O)NCC(O)C(F)F)c1ccc(Br)cc1. The van der Waals surface area contributed by atoms with Gasteiger partial charge in [0.05, 0.1) is 0 Å². The van der Waals surface area contributed by atoms with E-state index in [0.29, 0.717) is 0 Å². The standard InChI is InChI=1S/C13H16BrF2NO2/c1-8(9-2-4-10(14)5-3-9)6-12(19)17-7-11(18)13(15)16/h2-5,8,11,13,18H,6-7H2,1H3,(H,17,19). The van der Waals surface area contributed by atoms with E-state index in [1.54, 1.807) is 0 Å². The van der Waals surface area contributed by atoms with Gasteiger partial charge in [0.1, 0.15) is 6.10 Å². The lowest BCUT2D eigenvalue weighted by Crippen LogP contribution is -2.36. The molecule has 0 heterocycles. The van der Waals surface area contributed by atoms with Crippen LogP contribution in [0.5, 0.6) is 0 Å². The fourth-order valence-corrected chi connectivity index (χ4v) is 1.83. The van der Waals surface area contributed by atoms with Crippen molar-refractivity contribution in [3.05, 3.63) is 34.3 Å². The predicted molar refractivity (Wildman–Crippen MR) is 72.2 cm³/mol. The van der Waals surface area contributed by atoms with Crippen LogP contribution in [-0.4, -0.2) is 30.1 Å². The summed E-state index contributed by atoms with van der Waals surface area (Å²) in [6.07, 6.45) is -4.46. The van der Waals surface area contributed by atoms with Gasteiger partial charge in [0.15, 0.2) is 0 Å². The fourth-order valence-electron chi connectivity index (χ4n) is 1.57. The third kappa shape index (κ3) is 5.65. The van der Waals surface area contributed by atoms with Gasteiger partial charge in [-0.15, -0.1) is 0 Å². The van der Waals surface area contributed by atoms with Crippen molar-refractivity contribution in [2.24, 2.45) is 0 Å². The first-order valence-electron chi connectivity index (χ1n) is 5.88. The molecule has 1 amide bonds. The van der Waals surface area contributed by atoms with E-state index in [4.69, 9.17) is 5.11 Å². The minimum absolute atomic E-state index is 0.0169. The number of amides is 1. The smallest absolute Gasteiger partial charge is 0.265 e. The average molecular weight is 336 g/mol. The number of nitrogens with one attached hydrogen (secondary N) is 1. The van der Waals surface area contributed by atoms with Crippen LogP contribution in [0, 0.1) is 0 Å². The monoisotopic (exact) mass is 335 g/mol. The van der Waals surface area contributed by atoms with E-state index in [9.17, 15) is 13.6 Å². The molecular weight excluding hydrogens is 320 g/mol. The second-order valence-electron chi connectivity index (χ2n) is 4.36. The van der Waals surface area contributed by atoms with Crippen molar-refractivity contribution in [1.82, 2.24) is 5.32 Å². The summed E-state index contributed by atoms with van der Waals surface area (Å²) in [6, 6.07) is 7.56. The lowest BCUT2D eigenvalue weighted by atomic mass is 9.97. The molecule has 0 aliphatic rings. The first-order chi connectivity index (χ1) is 8.90. The molecule has 0 bridgehead atoms. The number of carbonyl (C=O) groups is 1. The maximum atomic E-state index is 12.0. The lowest BCUT2D eigenvalue weighted by molar-refractivity contribution is -0.122. The summed E-state index contributed by atoms with van der Waals surface area (Å²) in [6.45, 7) is 1.45.